The van der Waals surface area contributed by atoms with Crippen LogP contribution in [0.3, 0.4) is 0 Å². The Morgan fingerprint density at radius 1 is 1.60 bits per heavy atom. The molecule has 2 aromatic rings. The smallest absolute Gasteiger partial charge is 0.263 e. The van der Waals surface area contributed by atoms with Crippen molar-refractivity contribution in [3.63, 3.8) is 0 Å². The average Bonchev–Trinajstić information content (AvgIpc) is 2.77. The van der Waals surface area contributed by atoms with Crippen molar-refractivity contribution in [2.75, 3.05) is 17.2 Å². The summed E-state index contributed by atoms with van der Waals surface area (Å²) < 4.78 is 0.948. The van der Waals surface area contributed by atoms with Crippen molar-refractivity contribution >= 4 is 44.9 Å². The number of amides is 1. The minimum absolute atomic E-state index is 0.0977. The molecule has 108 valence electrons. The predicted molar refractivity (Wildman–Crippen MR) is 88.6 cm³/mol. The largest absolute Gasteiger partial charge is 0.396 e. The topological polar surface area (TPSA) is 68.0 Å². The van der Waals surface area contributed by atoms with Gasteiger partial charge in [-0.25, -0.2) is 0 Å². The minimum Gasteiger partial charge on any atom is -0.396 e. The van der Waals surface area contributed by atoms with Gasteiger partial charge in [-0.2, -0.15) is 11.8 Å². The maximum atomic E-state index is 12.3. The quantitative estimate of drug-likeness (QED) is 0.804. The maximum absolute atomic E-state index is 12.3. The zero-order valence-corrected chi connectivity index (χ0v) is 13.3. The number of pyridine rings is 1. The van der Waals surface area contributed by atoms with Crippen LogP contribution >= 0.6 is 23.1 Å². The lowest BCUT2D eigenvalue weighted by atomic mass is 10.2. The zero-order chi connectivity index (χ0) is 14.5. The molecule has 0 aliphatic rings. The molecule has 0 aliphatic heterocycles. The highest BCUT2D eigenvalue weighted by atomic mass is 32.2. The molecule has 0 bridgehead atoms. The van der Waals surface area contributed by atoms with Gasteiger partial charge < -0.3 is 11.1 Å². The standard InChI is InChI=1S/C14H19N3OS2/c1-3-19-8-6-9(2)17-14(18)13-11(15)12-10(20-13)5-4-7-16-12/h4-5,7,9H,3,6,8,15H2,1-2H3,(H,17,18). The Kier molecular flexibility index (Phi) is 5.25. The highest BCUT2D eigenvalue weighted by molar-refractivity contribution is 7.99. The first kappa shape index (κ1) is 15.1. The number of nitrogen functional groups attached to an aromatic ring is 1. The summed E-state index contributed by atoms with van der Waals surface area (Å²) in [5, 5.41) is 3.01. The molecule has 6 heteroatoms. The van der Waals surface area contributed by atoms with Gasteiger partial charge in [0, 0.05) is 12.2 Å². The first-order valence-electron chi connectivity index (χ1n) is 6.65. The van der Waals surface area contributed by atoms with Crippen molar-refractivity contribution in [2.45, 2.75) is 26.3 Å². The van der Waals surface area contributed by atoms with E-state index in [1.54, 1.807) is 6.20 Å². The van der Waals surface area contributed by atoms with Crippen molar-refractivity contribution in [1.29, 1.82) is 0 Å². The van der Waals surface area contributed by atoms with E-state index >= 15 is 0 Å². The molecule has 1 atom stereocenters. The van der Waals surface area contributed by atoms with Crippen LogP contribution in [0.5, 0.6) is 0 Å². The predicted octanol–water partition coefficient (Wildman–Crippen LogP) is 3.14. The van der Waals surface area contributed by atoms with Crippen LogP contribution < -0.4 is 11.1 Å². The molecular weight excluding hydrogens is 290 g/mol. The fourth-order valence-corrected chi connectivity index (χ4v) is 3.68. The monoisotopic (exact) mass is 309 g/mol. The maximum Gasteiger partial charge on any atom is 0.263 e. The molecule has 0 spiro atoms. The van der Waals surface area contributed by atoms with Crippen LogP contribution in [-0.4, -0.2) is 28.4 Å². The van der Waals surface area contributed by atoms with E-state index in [0.717, 1.165) is 28.1 Å². The molecule has 0 aliphatic carbocycles. The molecule has 0 radical (unpaired) electrons. The second-order valence-corrected chi connectivity index (χ2v) is 7.00. The Hall–Kier alpha value is -1.27. The molecule has 1 unspecified atom stereocenters. The van der Waals surface area contributed by atoms with Crippen molar-refractivity contribution in [2.24, 2.45) is 0 Å². The lowest BCUT2D eigenvalue weighted by molar-refractivity contribution is 0.0944. The summed E-state index contributed by atoms with van der Waals surface area (Å²) in [4.78, 5) is 17.1. The number of carbonyl (C=O) groups excluding carboxylic acids is 1. The van der Waals surface area contributed by atoms with Gasteiger partial charge in [-0.1, -0.05) is 6.92 Å². The van der Waals surface area contributed by atoms with Crippen LogP contribution in [0.2, 0.25) is 0 Å². The second-order valence-electron chi connectivity index (χ2n) is 4.56. The number of carbonyl (C=O) groups is 1. The number of anilines is 1. The third-order valence-corrected chi connectivity index (χ3v) is 5.06. The van der Waals surface area contributed by atoms with Crippen LogP contribution in [0.4, 0.5) is 5.69 Å². The van der Waals surface area contributed by atoms with Crippen molar-refractivity contribution in [3.8, 4) is 0 Å². The van der Waals surface area contributed by atoms with Gasteiger partial charge in [0.25, 0.3) is 5.91 Å². The molecule has 0 saturated heterocycles. The van der Waals surface area contributed by atoms with E-state index in [9.17, 15) is 4.79 Å². The van der Waals surface area contributed by atoms with Gasteiger partial charge in [0.05, 0.1) is 10.4 Å². The summed E-state index contributed by atoms with van der Waals surface area (Å²) in [5.41, 5.74) is 7.22. The van der Waals surface area contributed by atoms with E-state index in [0.29, 0.717) is 10.6 Å². The molecule has 4 nitrogen and oxygen atoms in total. The Bertz CT molecular complexity index is 597. The van der Waals surface area contributed by atoms with Crippen LogP contribution in [0.1, 0.15) is 29.9 Å². The molecule has 2 heterocycles. The first-order valence-corrected chi connectivity index (χ1v) is 8.62. The third-order valence-electron chi connectivity index (χ3n) is 2.97. The van der Waals surface area contributed by atoms with Gasteiger partial charge in [0.2, 0.25) is 0 Å². The van der Waals surface area contributed by atoms with Gasteiger partial charge >= 0.3 is 0 Å². The molecule has 2 aromatic heterocycles. The van der Waals surface area contributed by atoms with Gasteiger partial charge in [-0.05, 0) is 37.0 Å². The van der Waals surface area contributed by atoms with E-state index in [-0.39, 0.29) is 11.9 Å². The van der Waals surface area contributed by atoms with E-state index in [1.165, 1.54) is 11.3 Å². The number of nitrogens with zero attached hydrogens (tertiary/aromatic N) is 1. The number of fused-ring (bicyclic) bond motifs is 1. The SMILES string of the molecule is CCSCCC(C)NC(=O)c1sc2cccnc2c1N. The summed E-state index contributed by atoms with van der Waals surface area (Å²) in [6, 6.07) is 3.94. The molecule has 0 saturated carbocycles. The number of nitrogens with two attached hydrogens (primary N) is 1. The summed E-state index contributed by atoms with van der Waals surface area (Å²) in [6.45, 7) is 4.16. The lowest BCUT2D eigenvalue weighted by Crippen LogP contribution is -2.32. The number of thiophene rings is 1. The highest BCUT2D eigenvalue weighted by Crippen LogP contribution is 2.31. The van der Waals surface area contributed by atoms with Gasteiger partial charge in [-0.3, -0.25) is 9.78 Å². The molecule has 1 amide bonds. The summed E-state index contributed by atoms with van der Waals surface area (Å²) in [5.74, 6) is 2.07. The number of aromatic nitrogens is 1. The summed E-state index contributed by atoms with van der Waals surface area (Å²) in [7, 11) is 0. The van der Waals surface area contributed by atoms with Gasteiger partial charge in [-0.15, -0.1) is 11.3 Å². The average molecular weight is 309 g/mol. The Morgan fingerprint density at radius 2 is 2.40 bits per heavy atom. The van der Waals surface area contributed by atoms with Crippen molar-refractivity contribution < 1.29 is 4.79 Å². The minimum atomic E-state index is -0.0977. The number of nitrogens with one attached hydrogen (secondary N) is 1. The fourth-order valence-electron chi connectivity index (χ4n) is 1.88. The van der Waals surface area contributed by atoms with Crippen LogP contribution in [0.15, 0.2) is 18.3 Å². The number of hydrogen-bond acceptors (Lipinski definition) is 5. The molecule has 3 N–H and O–H groups in total. The van der Waals surface area contributed by atoms with Crippen molar-refractivity contribution in [1.82, 2.24) is 10.3 Å². The normalized spacial score (nSPS) is 12.5. The van der Waals surface area contributed by atoms with Gasteiger partial charge in [0.1, 0.15) is 10.4 Å². The summed E-state index contributed by atoms with van der Waals surface area (Å²) >= 11 is 3.28. The number of rotatable bonds is 6. The molecular formula is C14H19N3OS2. The second kappa shape index (κ2) is 6.95. The number of thioether (sulfide) groups is 1. The van der Waals surface area contributed by atoms with Crippen molar-refractivity contribution in [3.05, 3.63) is 23.2 Å². The fraction of sp³-hybridized carbons (Fsp3) is 0.429. The lowest BCUT2D eigenvalue weighted by Gasteiger charge is -2.12. The Labute approximate surface area is 127 Å². The van der Waals surface area contributed by atoms with Crippen LogP contribution in [-0.2, 0) is 0 Å². The van der Waals surface area contributed by atoms with E-state index in [4.69, 9.17) is 5.73 Å². The van der Waals surface area contributed by atoms with E-state index in [1.807, 2.05) is 30.8 Å². The third kappa shape index (κ3) is 3.43. The molecule has 0 aromatic carbocycles. The van der Waals surface area contributed by atoms with Crippen LogP contribution in [0, 0.1) is 0 Å². The number of hydrogen-bond donors (Lipinski definition) is 2. The molecule has 20 heavy (non-hydrogen) atoms. The van der Waals surface area contributed by atoms with E-state index in [2.05, 4.69) is 17.2 Å². The van der Waals surface area contributed by atoms with Gasteiger partial charge in [0.15, 0.2) is 0 Å². The Morgan fingerprint density at radius 3 is 3.10 bits per heavy atom. The Balaban J connectivity index is 2.06. The molecule has 0 fully saturated rings. The van der Waals surface area contributed by atoms with E-state index < -0.39 is 0 Å². The highest BCUT2D eigenvalue weighted by Gasteiger charge is 2.18. The van der Waals surface area contributed by atoms with Crippen LogP contribution in [0.25, 0.3) is 10.2 Å². The summed E-state index contributed by atoms with van der Waals surface area (Å²) in [6.07, 6.45) is 2.66. The molecule has 2 rings (SSSR count). The first-order chi connectivity index (χ1) is 9.63. The zero-order valence-electron chi connectivity index (χ0n) is 11.7.